The van der Waals surface area contributed by atoms with Gasteiger partial charge in [-0.3, -0.25) is 9.80 Å². The molecule has 0 saturated heterocycles. The van der Waals surface area contributed by atoms with Gasteiger partial charge in [0.15, 0.2) is 0 Å². The summed E-state index contributed by atoms with van der Waals surface area (Å²) in [5.74, 6) is -0.555. The number of benzene rings is 1. The van der Waals surface area contributed by atoms with E-state index in [0.29, 0.717) is 5.58 Å². The number of carbonyl (C=O) groups is 1. The van der Waals surface area contributed by atoms with Crippen LogP contribution in [0.4, 0.5) is 0 Å². The van der Waals surface area contributed by atoms with E-state index in [0.717, 1.165) is 5.39 Å². The molecule has 5 nitrogen and oxygen atoms in total. The van der Waals surface area contributed by atoms with E-state index in [1.54, 1.807) is 25.2 Å². The third kappa shape index (κ3) is 2.28. The molecule has 17 heavy (non-hydrogen) atoms. The molecule has 0 radical (unpaired) electrons. The highest BCUT2D eigenvalue weighted by Crippen LogP contribution is 2.12. The lowest BCUT2D eigenvalue weighted by Crippen LogP contribution is -2.24. The highest BCUT2D eigenvalue weighted by Gasteiger charge is 2.08. The molecule has 0 saturated carbocycles. The van der Waals surface area contributed by atoms with E-state index in [9.17, 15) is 4.79 Å². The molecule has 0 spiro atoms. The van der Waals surface area contributed by atoms with Crippen LogP contribution in [0.1, 0.15) is 10.4 Å². The van der Waals surface area contributed by atoms with Gasteiger partial charge in [0, 0.05) is 19.5 Å². The van der Waals surface area contributed by atoms with Crippen molar-refractivity contribution in [3.8, 4) is 0 Å². The van der Waals surface area contributed by atoms with Crippen molar-refractivity contribution in [1.29, 1.82) is 0 Å². The lowest BCUT2D eigenvalue weighted by atomic mass is 10.2. The highest BCUT2D eigenvalue weighted by molar-refractivity contribution is 5.95. The number of carbonyl (C=O) groups excluding carboxylic acids is 1. The Morgan fingerprint density at radius 3 is 2.71 bits per heavy atom. The number of primary amides is 1. The van der Waals surface area contributed by atoms with E-state index < -0.39 is 5.91 Å². The number of hydrogen-bond donors (Lipinski definition) is 1. The van der Waals surface area contributed by atoms with Gasteiger partial charge in [-0.05, 0) is 12.1 Å². The largest absolute Gasteiger partial charge is 0.436 e. The van der Waals surface area contributed by atoms with Crippen LogP contribution in [-0.4, -0.2) is 25.0 Å². The smallest absolute Gasteiger partial charge is 0.254 e. The highest BCUT2D eigenvalue weighted by atomic mass is 16.3. The summed E-state index contributed by atoms with van der Waals surface area (Å²) in [5, 5.41) is 6.47. The van der Waals surface area contributed by atoms with Gasteiger partial charge in [0.05, 0.1) is 0 Å². The second-order valence-corrected chi connectivity index (χ2v) is 3.81. The fraction of sp³-hybridized carbons (Fsp3) is 0.167. The Balaban J connectivity index is 2.80. The Kier molecular flexibility index (Phi) is 2.82. The minimum atomic E-state index is -0.555. The first-order chi connectivity index (χ1) is 8.08. The molecule has 0 atom stereocenters. The summed E-state index contributed by atoms with van der Waals surface area (Å²) in [7, 11) is 3.49. The quantitative estimate of drug-likeness (QED) is 0.781. The van der Waals surface area contributed by atoms with Crippen LogP contribution in [0.15, 0.2) is 39.9 Å². The molecule has 1 heterocycles. The van der Waals surface area contributed by atoms with Gasteiger partial charge in [0.25, 0.3) is 5.91 Å². The van der Waals surface area contributed by atoms with E-state index in [2.05, 4.69) is 5.10 Å². The number of nitrogens with zero attached hydrogens (tertiary/aromatic N) is 2. The Morgan fingerprint density at radius 2 is 2.06 bits per heavy atom. The molecule has 5 heteroatoms. The summed E-state index contributed by atoms with van der Waals surface area (Å²) in [4.78, 5) is 11.3. The van der Waals surface area contributed by atoms with Crippen molar-refractivity contribution >= 4 is 16.9 Å². The van der Waals surface area contributed by atoms with E-state index in [-0.39, 0.29) is 11.1 Å². The molecular weight excluding hydrogens is 218 g/mol. The molecule has 1 aromatic carbocycles. The zero-order valence-electron chi connectivity index (χ0n) is 9.68. The summed E-state index contributed by atoms with van der Waals surface area (Å²) in [6, 6.07) is 9.07. The second kappa shape index (κ2) is 4.29. The molecular formula is C12H13N3O2. The van der Waals surface area contributed by atoms with Crippen LogP contribution in [0.3, 0.4) is 0 Å². The molecule has 0 unspecified atom stereocenters. The van der Waals surface area contributed by atoms with Crippen molar-refractivity contribution in [2.75, 3.05) is 14.1 Å². The average Bonchev–Trinajstić information content (AvgIpc) is 2.27. The SMILES string of the molecule is CN(C)N=c1oc2ccccc2cc1C(N)=O. The average molecular weight is 231 g/mol. The van der Waals surface area contributed by atoms with Gasteiger partial charge in [-0.25, -0.2) is 0 Å². The maximum Gasteiger partial charge on any atom is 0.254 e. The van der Waals surface area contributed by atoms with Gasteiger partial charge in [-0.2, -0.15) is 0 Å². The minimum absolute atomic E-state index is 0.223. The first kappa shape index (κ1) is 11.2. The molecule has 2 aromatic rings. The first-order valence-electron chi connectivity index (χ1n) is 5.12. The predicted molar refractivity (Wildman–Crippen MR) is 64.0 cm³/mol. The van der Waals surface area contributed by atoms with E-state index in [1.807, 2.05) is 24.3 Å². The number of rotatable bonds is 2. The number of nitrogens with two attached hydrogens (primary N) is 1. The zero-order valence-corrected chi connectivity index (χ0v) is 9.68. The van der Waals surface area contributed by atoms with Gasteiger partial charge in [0.1, 0.15) is 11.1 Å². The van der Waals surface area contributed by atoms with Crippen molar-refractivity contribution < 1.29 is 9.21 Å². The Hall–Kier alpha value is -2.30. The van der Waals surface area contributed by atoms with Crippen molar-refractivity contribution in [1.82, 2.24) is 5.01 Å². The lowest BCUT2D eigenvalue weighted by Gasteiger charge is -2.05. The molecule has 0 aliphatic carbocycles. The van der Waals surface area contributed by atoms with Crippen LogP contribution in [0.25, 0.3) is 11.0 Å². The third-order valence-electron chi connectivity index (χ3n) is 2.21. The topological polar surface area (TPSA) is 71.8 Å². The number of amides is 1. The molecule has 2 N–H and O–H groups in total. The summed E-state index contributed by atoms with van der Waals surface area (Å²) in [6.45, 7) is 0. The molecule has 2 rings (SSSR count). The summed E-state index contributed by atoms with van der Waals surface area (Å²) in [6.07, 6.45) is 0. The van der Waals surface area contributed by atoms with Crippen molar-refractivity contribution in [2.24, 2.45) is 10.8 Å². The van der Waals surface area contributed by atoms with Crippen LogP contribution in [-0.2, 0) is 0 Å². The Bertz CT molecular complexity index is 629. The van der Waals surface area contributed by atoms with Gasteiger partial charge in [-0.1, -0.05) is 18.2 Å². The van der Waals surface area contributed by atoms with E-state index in [4.69, 9.17) is 10.2 Å². The fourth-order valence-corrected chi connectivity index (χ4v) is 1.50. The van der Waals surface area contributed by atoms with Crippen molar-refractivity contribution in [3.63, 3.8) is 0 Å². The van der Waals surface area contributed by atoms with Crippen molar-refractivity contribution in [2.45, 2.75) is 0 Å². The maximum atomic E-state index is 11.3. The molecule has 0 aliphatic rings. The Morgan fingerprint density at radius 1 is 1.35 bits per heavy atom. The summed E-state index contributed by atoms with van der Waals surface area (Å²) in [5.41, 5.74) is 6.47. The maximum absolute atomic E-state index is 11.3. The Labute approximate surface area is 98.1 Å². The standard InChI is InChI=1S/C12H13N3O2/c1-15(2)14-12-9(11(13)16)7-8-5-3-4-6-10(8)17-12/h3-7H,1-2H3,(H2,13,16). The molecule has 1 aromatic heterocycles. The minimum Gasteiger partial charge on any atom is -0.436 e. The van der Waals surface area contributed by atoms with Crippen LogP contribution in [0, 0.1) is 0 Å². The zero-order chi connectivity index (χ0) is 12.4. The number of para-hydroxylation sites is 1. The monoisotopic (exact) mass is 231 g/mol. The summed E-state index contributed by atoms with van der Waals surface area (Å²) >= 11 is 0. The van der Waals surface area contributed by atoms with Crippen LogP contribution < -0.4 is 11.3 Å². The molecule has 0 fully saturated rings. The van der Waals surface area contributed by atoms with Crippen LogP contribution in [0.2, 0.25) is 0 Å². The molecule has 0 bridgehead atoms. The van der Waals surface area contributed by atoms with Gasteiger partial charge < -0.3 is 10.2 Å². The van der Waals surface area contributed by atoms with E-state index in [1.165, 1.54) is 0 Å². The number of hydrogen-bond acceptors (Lipinski definition) is 4. The fourth-order valence-electron chi connectivity index (χ4n) is 1.50. The second-order valence-electron chi connectivity index (χ2n) is 3.81. The van der Waals surface area contributed by atoms with Crippen LogP contribution >= 0.6 is 0 Å². The number of fused-ring (bicyclic) bond motifs is 1. The van der Waals surface area contributed by atoms with Crippen LogP contribution in [0.5, 0.6) is 0 Å². The predicted octanol–water partition coefficient (Wildman–Crippen LogP) is 0.909. The van der Waals surface area contributed by atoms with Gasteiger partial charge in [-0.15, -0.1) is 5.10 Å². The normalized spacial score (nSPS) is 11.8. The molecule has 1 amide bonds. The summed E-state index contributed by atoms with van der Waals surface area (Å²) < 4.78 is 5.56. The first-order valence-corrected chi connectivity index (χ1v) is 5.12. The van der Waals surface area contributed by atoms with Gasteiger partial charge >= 0.3 is 0 Å². The van der Waals surface area contributed by atoms with Gasteiger partial charge in [0.2, 0.25) is 5.55 Å². The lowest BCUT2D eigenvalue weighted by molar-refractivity contribution is 0.0995. The van der Waals surface area contributed by atoms with Crippen molar-refractivity contribution in [3.05, 3.63) is 41.4 Å². The molecule has 88 valence electrons. The molecule has 0 aliphatic heterocycles. The third-order valence-corrected chi connectivity index (χ3v) is 2.21. The van der Waals surface area contributed by atoms with E-state index >= 15 is 0 Å².